The number of thiazole rings is 1. The standard InChI is InChI=1S/C19H21N3O2S/c1-4-20-11-14-7-5-6-8-15(14)22-18(23)17-13(3)21-19(25-17)16-10-9-12(2)24-16/h5-10,20H,4,11H2,1-3H3,(H,22,23). The zero-order valence-corrected chi connectivity index (χ0v) is 15.4. The molecule has 0 spiro atoms. The van der Waals surface area contributed by atoms with E-state index in [0.717, 1.165) is 28.6 Å². The van der Waals surface area contributed by atoms with Crippen LogP contribution >= 0.6 is 11.3 Å². The third kappa shape index (κ3) is 3.97. The van der Waals surface area contributed by atoms with Gasteiger partial charge in [0.1, 0.15) is 10.6 Å². The molecular formula is C19H21N3O2S. The molecule has 0 bridgehead atoms. The lowest BCUT2D eigenvalue weighted by molar-refractivity contribution is 0.102. The number of anilines is 1. The van der Waals surface area contributed by atoms with E-state index in [4.69, 9.17) is 4.42 Å². The molecule has 0 aliphatic rings. The van der Waals surface area contributed by atoms with E-state index in [1.165, 1.54) is 11.3 Å². The van der Waals surface area contributed by atoms with Crippen molar-refractivity contribution in [3.05, 3.63) is 58.3 Å². The fourth-order valence-corrected chi connectivity index (χ4v) is 3.42. The molecule has 6 heteroatoms. The van der Waals surface area contributed by atoms with Gasteiger partial charge in [0.05, 0.1) is 5.69 Å². The van der Waals surface area contributed by atoms with Crippen molar-refractivity contribution in [1.82, 2.24) is 10.3 Å². The molecule has 3 aromatic rings. The van der Waals surface area contributed by atoms with Crippen molar-refractivity contribution < 1.29 is 9.21 Å². The van der Waals surface area contributed by atoms with Gasteiger partial charge < -0.3 is 15.1 Å². The molecule has 2 heterocycles. The van der Waals surface area contributed by atoms with Gasteiger partial charge in [-0.3, -0.25) is 4.79 Å². The number of para-hydroxylation sites is 1. The van der Waals surface area contributed by atoms with Crippen molar-refractivity contribution >= 4 is 22.9 Å². The van der Waals surface area contributed by atoms with Crippen LogP contribution < -0.4 is 10.6 Å². The number of hydrogen-bond donors (Lipinski definition) is 2. The maximum atomic E-state index is 12.7. The molecule has 0 unspecified atom stereocenters. The Morgan fingerprint density at radius 2 is 2.00 bits per heavy atom. The predicted molar refractivity (Wildman–Crippen MR) is 101 cm³/mol. The van der Waals surface area contributed by atoms with Crippen molar-refractivity contribution in [2.24, 2.45) is 0 Å². The number of amides is 1. The van der Waals surface area contributed by atoms with Gasteiger partial charge in [0, 0.05) is 12.2 Å². The first-order valence-electron chi connectivity index (χ1n) is 8.22. The summed E-state index contributed by atoms with van der Waals surface area (Å²) in [6.07, 6.45) is 0. The Labute approximate surface area is 151 Å². The lowest BCUT2D eigenvalue weighted by Gasteiger charge is -2.10. The van der Waals surface area contributed by atoms with E-state index in [-0.39, 0.29) is 5.91 Å². The predicted octanol–water partition coefficient (Wildman–Crippen LogP) is 4.38. The smallest absolute Gasteiger partial charge is 0.267 e. The van der Waals surface area contributed by atoms with E-state index in [2.05, 4.69) is 22.5 Å². The van der Waals surface area contributed by atoms with Crippen molar-refractivity contribution in [3.63, 3.8) is 0 Å². The topological polar surface area (TPSA) is 67.2 Å². The molecule has 2 aromatic heterocycles. The van der Waals surface area contributed by atoms with Gasteiger partial charge in [-0.1, -0.05) is 25.1 Å². The van der Waals surface area contributed by atoms with Gasteiger partial charge >= 0.3 is 0 Å². The van der Waals surface area contributed by atoms with E-state index in [9.17, 15) is 4.79 Å². The summed E-state index contributed by atoms with van der Waals surface area (Å²) < 4.78 is 5.61. The summed E-state index contributed by atoms with van der Waals surface area (Å²) in [4.78, 5) is 17.8. The highest BCUT2D eigenvalue weighted by Crippen LogP contribution is 2.30. The maximum absolute atomic E-state index is 12.7. The lowest BCUT2D eigenvalue weighted by atomic mass is 10.1. The van der Waals surface area contributed by atoms with Gasteiger partial charge in [-0.05, 0) is 44.2 Å². The molecule has 2 N–H and O–H groups in total. The van der Waals surface area contributed by atoms with Gasteiger partial charge in [0.25, 0.3) is 5.91 Å². The monoisotopic (exact) mass is 355 g/mol. The van der Waals surface area contributed by atoms with E-state index in [0.29, 0.717) is 22.9 Å². The van der Waals surface area contributed by atoms with Crippen LogP contribution in [0.1, 0.15) is 33.6 Å². The number of furan rings is 1. The Morgan fingerprint density at radius 1 is 1.20 bits per heavy atom. The number of benzene rings is 1. The average Bonchev–Trinajstić information content (AvgIpc) is 3.20. The molecule has 25 heavy (non-hydrogen) atoms. The van der Waals surface area contributed by atoms with Gasteiger partial charge in [-0.25, -0.2) is 4.98 Å². The van der Waals surface area contributed by atoms with Crippen molar-refractivity contribution in [3.8, 4) is 10.8 Å². The van der Waals surface area contributed by atoms with Crippen LogP contribution in [0.2, 0.25) is 0 Å². The van der Waals surface area contributed by atoms with Crippen molar-refractivity contribution in [1.29, 1.82) is 0 Å². The fraction of sp³-hybridized carbons (Fsp3) is 0.263. The molecule has 0 radical (unpaired) electrons. The number of nitrogens with zero attached hydrogens (tertiary/aromatic N) is 1. The first-order valence-corrected chi connectivity index (χ1v) is 9.04. The van der Waals surface area contributed by atoms with Crippen LogP contribution in [-0.4, -0.2) is 17.4 Å². The Morgan fingerprint density at radius 3 is 2.72 bits per heavy atom. The van der Waals surface area contributed by atoms with E-state index < -0.39 is 0 Å². The molecule has 5 nitrogen and oxygen atoms in total. The average molecular weight is 355 g/mol. The largest absolute Gasteiger partial charge is 0.459 e. The van der Waals surface area contributed by atoms with E-state index in [1.54, 1.807) is 0 Å². The van der Waals surface area contributed by atoms with E-state index in [1.807, 2.05) is 50.2 Å². The van der Waals surface area contributed by atoms with Crippen LogP contribution in [0.3, 0.4) is 0 Å². The second kappa shape index (κ2) is 7.63. The fourth-order valence-electron chi connectivity index (χ4n) is 2.50. The molecule has 0 saturated carbocycles. The summed E-state index contributed by atoms with van der Waals surface area (Å²) in [5.74, 6) is 1.37. The minimum atomic E-state index is -0.145. The number of carbonyl (C=O) groups excluding carboxylic acids is 1. The van der Waals surface area contributed by atoms with Crippen LogP contribution in [0.25, 0.3) is 10.8 Å². The van der Waals surface area contributed by atoms with Gasteiger partial charge in [-0.2, -0.15) is 0 Å². The molecule has 1 aromatic carbocycles. The molecule has 0 aliphatic heterocycles. The molecule has 0 atom stereocenters. The minimum absolute atomic E-state index is 0.145. The summed E-state index contributed by atoms with van der Waals surface area (Å²) in [6.45, 7) is 7.38. The number of nitrogens with one attached hydrogen (secondary N) is 2. The SMILES string of the molecule is CCNCc1ccccc1NC(=O)c1sc(-c2ccc(C)o2)nc1C. The zero-order valence-electron chi connectivity index (χ0n) is 14.6. The summed E-state index contributed by atoms with van der Waals surface area (Å²) in [6, 6.07) is 11.6. The highest BCUT2D eigenvalue weighted by Gasteiger charge is 2.18. The Kier molecular flexibility index (Phi) is 5.31. The third-order valence-corrected chi connectivity index (χ3v) is 4.96. The van der Waals surface area contributed by atoms with Gasteiger partial charge in [0.15, 0.2) is 10.8 Å². The highest BCUT2D eigenvalue weighted by molar-refractivity contribution is 7.17. The van der Waals surface area contributed by atoms with Crippen molar-refractivity contribution in [2.75, 3.05) is 11.9 Å². The number of carbonyl (C=O) groups is 1. The number of aryl methyl sites for hydroxylation is 2. The lowest BCUT2D eigenvalue weighted by Crippen LogP contribution is -2.17. The second-order valence-corrected chi connectivity index (χ2v) is 6.73. The molecule has 0 aliphatic carbocycles. The Bertz CT molecular complexity index is 882. The summed E-state index contributed by atoms with van der Waals surface area (Å²) in [5.41, 5.74) is 2.58. The Hall–Kier alpha value is -2.44. The van der Waals surface area contributed by atoms with Crippen LogP contribution in [0.4, 0.5) is 5.69 Å². The van der Waals surface area contributed by atoms with E-state index >= 15 is 0 Å². The number of aromatic nitrogens is 1. The Balaban J connectivity index is 1.81. The maximum Gasteiger partial charge on any atom is 0.267 e. The highest BCUT2D eigenvalue weighted by atomic mass is 32.1. The van der Waals surface area contributed by atoms with Crippen LogP contribution in [0.15, 0.2) is 40.8 Å². The second-order valence-electron chi connectivity index (χ2n) is 5.74. The molecule has 3 rings (SSSR count). The number of hydrogen-bond acceptors (Lipinski definition) is 5. The third-order valence-electron chi connectivity index (χ3n) is 3.78. The normalized spacial score (nSPS) is 10.8. The minimum Gasteiger partial charge on any atom is -0.459 e. The summed E-state index contributed by atoms with van der Waals surface area (Å²) in [7, 11) is 0. The molecule has 0 fully saturated rings. The quantitative estimate of drug-likeness (QED) is 0.688. The molecule has 1 amide bonds. The van der Waals surface area contributed by atoms with Gasteiger partial charge in [0.2, 0.25) is 0 Å². The van der Waals surface area contributed by atoms with Crippen LogP contribution in [-0.2, 0) is 6.54 Å². The first-order chi connectivity index (χ1) is 12.1. The van der Waals surface area contributed by atoms with Crippen LogP contribution in [0.5, 0.6) is 0 Å². The first kappa shape index (κ1) is 17.4. The molecular weight excluding hydrogens is 334 g/mol. The van der Waals surface area contributed by atoms with Gasteiger partial charge in [-0.15, -0.1) is 11.3 Å². The zero-order chi connectivity index (χ0) is 17.8. The molecule has 130 valence electrons. The van der Waals surface area contributed by atoms with Crippen LogP contribution in [0, 0.1) is 13.8 Å². The number of rotatable bonds is 6. The van der Waals surface area contributed by atoms with Crippen molar-refractivity contribution in [2.45, 2.75) is 27.3 Å². The summed E-state index contributed by atoms with van der Waals surface area (Å²) in [5, 5.41) is 7.01. The molecule has 0 saturated heterocycles. The summed E-state index contributed by atoms with van der Waals surface area (Å²) >= 11 is 1.34.